The largest absolute Gasteiger partial charge is 0.342 e. The Kier molecular flexibility index (Phi) is 3.05. The van der Waals surface area contributed by atoms with E-state index in [-0.39, 0.29) is 5.69 Å². The highest BCUT2D eigenvalue weighted by molar-refractivity contribution is 7.71. The number of aromatic amines is 2. The van der Waals surface area contributed by atoms with Gasteiger partial charge in [-0.1, -0.05) is 24.3 Å². The van der Waals surface area contributed by atoms with Crippen LogP contribution in [0.5, 0.6) is 0 Å². The first kappa shape index (κ1) is 10.9. The third kappa shape index (κ3) is 2.14. The molecule has 0 saturated heterocycles. The van der Waals surface area contributed by atoms with Crippen LogP contribution in [0.3, 0.4) is 0 Å². The first-order chi connectivity index (χ1) is 7.68. The Morgan fingerprint density at radius 3 is 2.69 bits per heavy atom. The molecule has 2 N–H and O–H groups in total. The Labute approximate surface area is 97.9 Å². The van der Waals surface area contributed by atoms with E-state index in [1.165, 1.54) is 15.7 Å². The van der Waals surface area contributed by atoms with Gasteiger partial charge in [-0.2, -0.15) is 0 Å². The fourth-order valence-electron chi connectivity index (χ4n) is 1.66. The maximum atomic E-state index is 11.4. The fraction of sp³-hybridized carbons (Fsp3) is 0.273. The first-order valence-electron chi connectivity index (χ1n) is 5.10. The van der Waals surface area contributed by atoms with Gasteiger partial charge in [0, 0.05) is 6.54 Å². The molecular formula is C11H13N3OS. The Hall–Kier alpha value is -1.62. The molecule has 0 radical (unpaired) electrons. The monoisotopic (exact) mass is 235 g/mol. The number of aryl methyl sites for hydroxylation is 2. The molecule has 0 bridgehead atoms. The number of hydrogen-bond acceptors (Lipinski definition) is 2. The van der Waals surface area contributed by atoms with Gasteiger partial charge >= 0.3 is 5.69 Å². The quantitative estimate of drug-likeness (QED) is 0.797. The smallest absolute Gasteiger partial charge is 0.272 e. The van der Waals surface area contributed by atoms with E-state index in [1.54, 1.807) is 0 Å². The zero-order valence-corrected chi connectivity index (χ0v) is 9.80. The molecule has 0 fully saturated rings. The summed E-state index contributed by atoms with van der Waals surface area (Å²) in [6.45, 7) is 2.67. The summed E-state index contributed by atoms with van der Waals surface area (Å²) in [5, 5.41) is 5.09. The van der Waals surface area contributed by atoms with Crippen molar-refractivity contribution in [1.29, 1.82) is 0 Å². The second-order valence-corrected chi connectivity index (χ2v) is 4.08. The van der Waals surface area contributed by atoms with Gasteiger partial charge in [0.1, 0.15) is 0 Å². The second-order valence-electron chi connectivity index (χ2n) is 3.69. The molecule has 16 heavy (non-hydrogen) atoms. The molecule has 4 nitrogen and oxygen atoms in total. The lowest BCUT2D eigenvalue weighted by molar-refractivity contribution is 0.661. The minimum absolute atomic E-state index is 0.182. The van der Waals surface area contributed by atoms with Gasteiger partial charge in [-0.3, -0.25) is 9.67 Å². The van der Waals surface area contributed by atoms with E-state index in [4.69, 9.17) is 12.2 Å². The molecule has 0 aliphatic carbocycles. The molecule has 84 valence electrons. The Bertz CT molecular complexity index is 566. The molecular weight excluding hydrogens is 222 g/mol. The Morgan fingerprint density at radius 2 is 2.06 bits per heavy atom. The van der Waals surface area contributed by atoms with Gasteiger partial charge in [-0.25, -0.2) is 9.89 Å². The van der Waals surface area contributed by atoms with Gasteiger partial charge in [-0.05, 0) is 36.7 Å². The number of aromatic nitrogens is 3. The van der Waals surface area contributed by atoms with Crippen LogP contribution in [-0.2, 0) is 13.0 Å². The zero-order chi connectivity index (χ0) is 11.5. The standard InChI is InChI=1S/C11H13N3OS/c1-8-4-2-3-5-9(8)6-7-14-10(15)12-13-11(14)16/h2-5H,6-7H2,1H3,(H,12,15)(H,13,16). The lowest BCUT2D eigenvalue weighted by Gasteiger charge is -2.04. The normalized spacial score (nSPS) is 10.6. The third-order valence-electron chi connectivity index (χ3n) is 2.63. The van der Waals surface area contributed by atoms with Crippen molar-refractivity contribution in [3.8, 4) is 0 Å². The van der Waals surface area contributed by atoms with Crippen molar-refractivity contribution in [1.82, 2.24) is 14.8 Å². The SMILES string of the molecule is Cc1ccccc1CCn1c(=O)[nH][nH]c1=S. The van der Waals surface area contributed by atoms with Crippen LogP contribution in [0.4, 0.5) is 0 Å². The summed E-state index contributed by atoms with van der Waals surface area (Å²) in [4.78, 5) is 11.4. The van der Waals surface area contributed by atoms with Gasteiger partial charge in [0.25, 0.3) is 0 Å². The Morgan fingerprint density at radius 1 is 1.31 bits per heavy atom. The van der Waals surface area contributed by atoms with Crippen molar-refractivity contribution in [2.75, 3.05) is 0 Å². The zero-order valence-electron chi connectivity index (χ0n) is 8.99. The minimum Gasteiger partial charge on any atom is -0.272 e. The van der Waals surface area contributed by atoms with Gasteiger partial charge < -0.3 is 0 Å². The molecule has 0 amide bonds. The molecule has 1 aromatic heterocycles. The van der Waals surface area contributed by atoms with Crippen LogP contribution < -0.4 is 5.69 Å². The highest BCUT2D eigenvalue weighted by Gasteiger charge is 2.02. The van der Waals surface area contributed by atoms with Crippen molar-refractivity contribution in [2.45, 2.75) is 19.9 Å². The molecule has 1 heterocycles. The van der Waals surface area contributed by atoms with Crippen molar-refractivity contribution in [3.63, 3.8) is 0 Å². The van der Waals surface area contributed by atoms with Crippen LogP contribution in [0.25, 0.3) is 0 Å². The molecule has 2 aromatic rings. The molecule has 0 spiro atoms. The average Bonchev–Trinajstić information content (AvgIpc) is 2.58. The van der Waals surface area contributed by atoms with E-state index in [2.05, 4.69) is 29.3 Å². The van der Waals surface area contributed by atoms with Crippen LogP contribution in [-0.4, -0.2) is 14.8 Å². The summed E-state index contributed by atoms with van der Waals surface area (Å²) >= 11 is 5.00. The molecule has 1 aromatic carbocycles. The van der Waals surface area contributed by atoms with Crippen LogP contribution >= 0.6 is 12.2 Å². The van der Waals surface area contributed by atoms with E-state index in [0.717, 1.165) is 6.42 Å². The number of nitrogens with one attached hydrogen (secondary N) is 2. The maximum Gasteiger partial charge on any atom is 0.342 e. The van der Waals surface area contributed by atoms with Crippen LogP contribution in [0.15, 0.2) is 29.1 Å². The van der Waals surface area contributed by atoms with Gasteiger partial charge in [0.15, 0.2) is 4.77 Å². The topological polar surface area (TPSA) is 53.6 Å². The summed E-state index contributed by atoms with van der Waals surface area (Å²) in [7, 11) is 0. The van der Waals surface area contributed by atoms with Crippen LogP contribution in [0.2, 0.25) is 0 Å². The molecule has 2 rings (SSSR count). The highest BCUT2D eigenvalue weighted by atomic mass is 32.1. The van der Waals surface area contributed by atoms with E-state index >= 15 is 0 Å². The van der Waals surface area contributed by atoms with Crippen LogP contribution in [0.1, 0.15) is 11.1 Å². The van der Waals surface area contributed by atoms with E-state index in [9.17, 15) is 4.79 Å². The number of rotatable bonds is 3. The fourth-order valence-corrected chi connectivity index (χ4v) is 1.89. The third-order valence-corrected chi connectivity index (χ3v) is 2.96. The van der Waals surface area contributed by atoms with Crippen molar-refractivity contribution < 1.29 is 0 Å². The molecule has 0 atom stereocenters. The lowest BCUT2D eigenvalue weighted by Crippen LogP contribution is -2.18. The summed E-state index contributed by atoms with van der Waals surface area (Å²) in [5.74, 6) is 0. The van der Waals surface area contributed by atoms with Crippen molar-refractivity contribution >= 4 is 12.2 Å². The summed E-state index contributed by atoms with van der Waals surface area (Å²) < 4.78 is 1.97. The first-order valence-corrected chi connectivity index (χ1v) is 5.51. The van der Waals surface area contributed by atoms with E-state index < -0.39 is 0 Å². The number of hydrogen-bond donors (Lipinski definition) is 2. The predicted molar refractivity (Wildman–Crippen MR) is 65.1 cm³/mol. The molecule has 0 unspecified atom stereocenters. The van der Waals surface area contributed by atoms with E-state index in [0.29, 0.717) is 11.3 Å². The van der Waals surface area contributed by atoms with Crippen molar-refractivity contribution in [2.24, 2.45) is 0 Å². The van der Waals surface area contributed by atoms with Gasteiger partial charge in [-0.15, -0.1) is 0 Å². The minimum atomic E-state index is -0.182. The summed E-state index contributed by atoms with van der Waals surface area (Å²) in [6, 6.07) is 8.15. The number of H-pyrrole nitrogens is 2. The lowest BCUT2D eigenvalue weighted by atomic mass is 10.1. The predicted octanol–water partition coefficient (Wildman–Crippen LogP) is 1.79. The molecule has 5 heteroatoms. The highest BCUT2D eigenvalue weighted by Crippen LogP contribution is 2.08. The second kappa shape index (κ2) is 4.49. The molecule has 0 aliphatic rings. The van der Waals surface area contributed by atoms with Gasteiger partial charge in [0.05, 0.1) is 0 Å². The number of benzene rings is 1. The summed E-state index contributed by atoms with van der Waals surface area (Å²) in [6.07, 6.45) is 0.807. The molecule has 0 saturated carbocycles. The number of nitrogens with zero attached hydrogens (tertiary/aromatic N) is 1. The maximum absolute atomic E-state index is 11.4. The van der Waals surface area contributed by atoms with Gasteiger partial charge in [0.2, 0.25) is 0 Å². The molecule has 0 aliphatic heterocycles. The average molecular weight is 235 g/mol. The van der Waals surface area contributed by atoms with Crippen LogP contribution in [0, 0.1) is 11.7 Å². The van der Waals surface area contributed by atoms with Crippen molar-refractivity contribution in [3.05, 3.63) is 50.6 Å². The summed E-state index contributed by atoms with van der Waals surface area (Å²) in [5.41, 5.74) is 2.30. The van der Waals surface area contributed by atoms with E-state index in [1.807, 2.05) is 12.1 Å². The Balaban J connectivity index is 2.17.